The van der Waals surface area contributed by atoms with Gasteiger partial charge in [0.2, 0.25) is 0 Å². The molecule has 0 atom stereocenters. The monoisotopic (exact) mass is 293 g/mol. The zero-order valence-corrected chi connectivity index (χ0v) is 13.6. The topological polar surface area (TPSA) is 38.8 Å². The summed E-state index contributed by atoms with van der Waals surface area (Å²) >= 11 is 0. The molecule has 4 heteroatoms. The summed E-state index contributed by atoms with van der Waals surface area (Å²) in [7, 11) is 3.32. The summed E-state index contributed by atoms with van der Waals surface area (Å²) < 4.78 is 10.1. The summed E-state index contributed by atoms with van der Waals surface area (Å²) in [5.41, 5.74) is 1.97. The molecule has 0 saturated carbocycles. The average Bonchev–Trinajstić information content (AvgIpc) is 2.50. The van der Waals surface area contributed by atoms with Gasteiger partial charge in [-0.05, 0) is 30.0 Å². The van der Waals surface area contributed by atoms with Crippen LogP contribution in [0, 0.1) is 0 Å². The maximum Gasteiger partial charge on any atom is 0.253 e. The summed E-state index contributed by atoms with van der Waals surface area (Å²) in [5, 5.41) is 0. The van der Waals surface area contributed by atoms with Crippen molar-refractivity contribution in [1.29, 1.82) is 0 Å². The van der Waals surface area contributed by atoms with E-state index in [0.717, 1.165) is 12.0 Å². The van der Waals surface area contributed by atoms with Gasteiger partial charge < -0.3 is 14.4 Å². The second-order valence-corrected chi connectivity index (χ2v) is 5.41. The molecule has 1 amide bonds. The first-order valence-corrected chi connectivity index (χ1v) is 7.47. The molecule has 1 aromatic carbocycles. The van der Waals surface area contributed by atoms with Gasteiger partial charge in [0.05, 0.1) is 6.61 Å². The van der Waals surface area contributed by atoms with Gasteiger partial charge in [-0.1, -0.05) is 26.0 Å². The van der Waals surface area contributed by atoms with Gasteiger partial charge in [-0.2, -0.15) is 0 Å². The van der Waals surface area contributed by atoms with E-state index in [2.05, 4.69) is 13.8 Å². The van der Waals surface area contributed by atoms with Crippen molar-refractivity contribution in [3.63, 3.8) is 0 Å². The van der Waals surface area contributed by atoms with Gasteiger partial charge in [-0.3, -0.25) is 4.79 Å². The molecule has 0 radical (unpaired) electrons. The highest BCUT2D eigenvalue weighted by Crippen LogP contribution is 2.15. The first-order valence-electron chi connectivity index (χ1n) is 7.47. The van der Waals surface area contributed by atoms with E-state index in [1.54, 1.807) is 14.2 Å². The van der Waals surface area contributed by atoms with Crippen molar-refractivity contribution in [3.05, 3.63) is 35.4 Å². The van der Waals surface area contributed by atoms with Crippen LogP contribution in [0.15, 0.2) is 24.3 Å². The van der Waals surface area contributed by atoms with Crippen molar-refractivity contribution >= 4 is 5.91 Å². The molecular weight excluding hydrogens is 266 g/mol. The lowest BCUT2D eigenvalue weighted by atomic mass is 10.0. The highest BCUT2D eigenvalue weighted by molar-refractivity contribution is 5.94. The number of hydrogen-bond donors (Lipinski definition) is 0. The lowest BCUT2D eigenvalue weighted by Crippen LogP contribution is -2.35. The van der Waals surface area contributed by atoms with Gasteiger partial charge in [-0.15, -0.1) is 0 Å². The normalized spacial score (nSPS) is 10.9. The number of nitrogens with zero attached hydrogens (tertiary/aromatic N) is 1. The quantitative estimate of drug-likeness (QED) is 0.657. The van der Waals surface area contributed by atoms with Crippen LogP contribution in [-0.4, -0.2) is 51.3 Å². The largest absolute Gasteiger partial charge is 0.385 e. The van der Waals surface area contributed by atoms with Crippen molar-refractivity contribution in [2.75, 3.05) is 40.5 Å². The van der Waals surface area contributed by atoms with Gasteiger partial charge >= 0.3 is 0 Å². The molecule has 0 aliphatic rings. The fourth-order valence-electron chi connectivity index (χ4n) is 2.11. The molecule has 118 valence electrons. The first-order chi connectivity index (χ1) is 10.1. The lowest BCUT2D eigenvalue weighted by molar-refractivity contribution is 0.0674. The van der Waals surface area contributed by atoms with Crippen molar-refractivity contribution in [2.24, 2.45) is 0 Å². The first kappa shape index (κ1) is 17.7. The molecule has 0 aromatic heterocycles. The van der Waals surface area contributed by atoms with E-state index in [1.165, 1.54) is 5.56 Å². The predicted octanol–water partition coefficient (Wildman–Crippen LogP) is 2.94. The predicted molar refractivity (Wildman–Crippen MR) is 84.8 cm³/mol. The molecule has 0 heterocycles. The number of carbonyl (C=O) groups is 1. The van der Waals surface area contributed by atoms with E-state index in [4.69, 9.17) is 9.47 Å². The number of benzene rings is 1. The molecule has 1 rings (SSSR count). The van der Waals surface area contributed by atoms with Crippen molar-refractivity contribution in [3.8, 4) is 0 Å². The summed E-state index contributed by atoms with van der Waals surface area (Å²) in [6, 6.07) is 7.88. The van der Waals surface area contributed by atoms with Gasteiger partial charge in [-0.25, -0.2) is 0 Å². The fraction of sp³-hybridized carbons (Fsp3) is 0.588. The molecule has 0 saturated heterocycles. The Kier molecular flexibility index (Phi) is 8.01. The van der Waals surface area contributed by atoms with Crippen LogP contribution in [-0.2, 0) is 9.47 Å². The Morgan fingerprint density at radius 2 is 1.67 bits per heavy atom. The van der Waals surface area contributed by atoms with Crippen LogP contribution in [0.5, 0.6) is 0 Å². The van der Waals surface area contributed by atoms with E-state index in [9.17, 15) is 4.79 Å². The molecule has 0 aliphatic heterocycles. The summed E-state index contributed by atoms with van der Waals surface area (Å²) in [6.07, 6.45) is 0.829. The maximum absolute atomic E-state index is 12.6. The molecule has 0 unspecified atom stereocenters. The Bertz CT molecular complexity index is 415. The van der Waals surface area contributed by atoms with Gasteiger partial charge in [0.1, 0.15) is 0 Å². The Morgan fingerprint density at radius 3 is 2.19 bits per heavy atom. The van der Waals surface area contributed by atoms with Crippen LogP contribution in [0.3, 0.4) is 0 Å². The summed E-state index contributed by atoms with van der Waals surface area (Å²) in [5.74, 6) is 0.527. The minimum atomic E-state index is 0.0541. The van der Waals surface area contributed by atoms with Gasteiger partial charge in [0, 0.05) is 39.5 Å². The highest BCUT2D eigenvalue weighted by Gasteiger charge is 2.15. The SMILES string of the molecule is COCCCN(CCOC)C(=O)c1ccc(C(C)C)cc1. The van der Waals surface area contributed by atoms with E-state index in [0.29, 0.717) is 32.2 Å². The molecule has 0 fully saturated rings. The van der Waals surface area contributed by atoms with Gasteiger partial charge in [0.15, 0.2) is 0 Å². The van der Waals surface area contributed by atoms with Crippen molar-refractivity contribution in [1.82, 2.24) is 4.90 Å². The molecule has 4 nitrogen and oxygen atoms in total. The molecule has 0 spiro atoms. The van der Waals surface area contributed by atoms with Crippen molar-refractivity contribution < 1.29 is 14.3 Å². The number of methoxy groups -OCH3 is 2. The molecule has 0 aliphatic carbocycles. The number of carbonyl (C=O) groups excluding carboxylic acids is 1. The van der Waals surface area contributed by atoms with E-state index >= 15 is 0 Å². The van der Waals surface area contributed by atoms with E-state index in [1.807, 2.05) is 29.2 Å². The van der Waals surface area contributed by atoms with Crippen LogP contribution in [0.2, 0.25) is 0 Å². The zero-order valence-electron chi connectivity index (χ0n) is 13.6. The standard InChI is InChI=1S/C17H27NO3/c1-14(2)15-6-8-16(9-7-15)17(19)18(11-13-21-4)10-5-12-20-3/h6-9,14H,5,10-13H2,1-4H3. The third-order valence-electron chi connectivity index (χ3n) is 3.45. The molecule has 0 bridgehead atoms. The van der Waals surface area contributed by atoms with E-state index < -0.39 is 0 Å². The average molecular weight is 293 g/mol. The third-order valence-corrected chi connectivity index (χ3v) is 3.45. The van der Waals surface area contributed by atoms with Gasteiger partial charge in [0.25, 0.3) is 5.91 Å². The van der Waals surface area contributed by atoms with Crippen LogP contribution in [0.1, 0.15) is 42.1 Å². The van der Waals surface area contributed by atoms with E-state index in [-0.39, 0.29) is 5.91 Å². The second kappa shape index (κ2) is 9.53. The maximum atomic E-state index is 12.6. The highest BCUT2D eigenvalue weighted by atomic mass is 16.5. The Labute approximate surface area is 128 Å². The number of hydrogen-bond acceptors (Lipinski definition) is 3. The minimum absolute atomic E-state index is 0.0541. The second-order valence-electron chi connectivity index (χ2n) is 5.41. The van der Waals surface area contributed by atoms with Crippen molar-refractivity contribution in [2.45, 2.75) is 26.2 Å². The van der Waals surface area contributed by atoms with Crippen LogP contribution < -0.4 is 0 Å². The smallest absolute Gasteiger partial charge is 0.253 e. The third kappa shape index (κ3) is 5.86. The molecule has 0 N–H and O–H groups in total. The number of rotatable bonds is 9. The van der Waals surface area contributed by atoms with Crippen LogP contribution in [0.25, 0.3) is 0 Å². The Balaban J connectivity index is 2.72. The minimum Gasteiger partial charge on any atom is -0.385 e. The molecule has 21 heavy (non-hydrogen) atoms. The molecule has 1 aromatic rings. The summed E-state index contributed by atoms with van der Waals surface area (Å²) in [4.78, 5) is 14.4. The Hall–Kier alpha value is -1.39. The molecular formula is C17H27NO3. The zero-order chi connectivity index (χ0) is 15.7. The van der Waals surface area contributed by atoms with Crippen LogP contribution >= 0.6 is 0 Å². The van der Waals surface area contributed by atoms with Crippen LogP contribution in [0.4, 0.5) is 0 Å². The number of amides is 1. The lowest BCUT2D eigenvalue weighted by Gasteiger charge is -2.22. The number of ether oxygens (including phenoxy) is 2. The summed E-state index contributed by atoms with van der Waals surface area (Å²) in [6.45, 7) is 6.78. The Morgan fingerprint density at radius 1 is 1.05 bits per heavy atom. The fourth-order valence-corrected chi connectivity index (χ4v) is 2.11.